The number of benzene rings is 1. The Morgan fingerprint density at radius 1 is 1.48 bits per heavy atom. The number of carbonyl (C=O) groups excluding carboxylic acids is 1. The van der Waals surface area contributed by atoms with Crippen molar-refractivity contribution in [3.63, 3.8) is 0 Å². The van der Waals surface area contributed by atoms with Crippen LogP contribution in [0.1, 0.15) is 24.8 Å². The Kier molecular flexibility index (Phi) is 5.12. The van der Waals surface area contributed by atoms with Crippen LogP contribution in [0.4, 0.5) is 14.5 Å². The molecule has 0 aromatic heterocycles. The molecule has 2 rings (SSSR count). The minimum absolute atomic E-state index is 0.0737. The molecule has 0 bridgehead atoms. The van der Waals surface area contributed by atoms with Crippen molar-refractivity contribution in [3.8, 4) is 5.75 Å². The average Bonchev–Trinajstić information content (AvgIpc) is 2.90. The van der Waals surface area contributed by atoms with Crippen LogP contribution in [0.2, 0.25) is 0 Å². The summed E-state index contributed by atoms with van der Waals surface area (Å²) in [6, 6.07) is 4.74. The molecule has 1 aromatic rings. The summed E-state index contributed by atoms with van der Waals surface area (Å²) in [5.41, 5.74) is 6.72. The number of anilines is 1. The smallest absolute Gasteiger partial charge is 0.387 e. The fraction of sp³-hybridized carbons (Fsp3) is 0.533. The lowest BCUT2D eigenvalue weighted by molar-refractivity contribution is -0.120. The average molecular weight is 298 g/mol. The molecule has 0 aliphatic heterocycles. The number of carbonyl (C=O) groups is 1. The maximum absolute atomic E-state index is 12.3. The highest BCUT2D eigenvalue weighted by Gasteiger charge is 2.31. The number of ether oxygens (including phenoxy) is 1. The van der Waals surface area contributed by atoms with Crippen molar-refractivity contribution in [2.24, 2.45) is 17.6 Å². The van der Waals surface area contributed by atoms with Gasteiger partial charge in [-0.15, -0.1) is 0 Å². The molecule has 1 aromatic carbocycles. The van der Waals surface area contributed by atoms with Gasteiger partial charge in [0.1, 0.15) is 5.75 Å². The van der Waals surface area contributed by atoms with Crippen LogP contribution in [-0.4, -0.2) is 19.1 Å². The fourth-order valence-corrected chi connectivity index (χ4v) is 2.80. The van der Waals surface area contributed by atoms with E-state index in [9.17, 15) is 13.6 Å². The lowest BCUT2D eigenvalue weighted by Gasteiger charge is -2.18. The van der Waals surface area contributed by atoms with Crippen LogP contribution in [0.25, 0.3) is 0 Å². The van der Waals surface area contributed by atoms with Crippen molar-refractivity contribution in [1.82, 2.24) is 0 Å². The van der Waals surface area contributed by atoms with Crippen LogP contribution in [0.3, 0.4) is 0 Å². The van der Waals surface area contributed by atoms with Crippen molar-refractivity contribution in [3.05, 3.63) is 23.8 Å². The molecule has 0 radical (unpaired) electrons. The number of aryl methyl sites for hydroxylation is 1. The van der Waals surface area contributed by atoms with Crippen LogP contribution < -0.4 is 15.8 Å². The molecule has 6 heteroatoms. The molecule has 3 N–H and O–H groups in total. The van der Waals surface area contributed by atoms with Gasteiger partial charge < -0.3 is 15.8 Å². The Morgan fingerprint density at radius 2 is 2.24 bits per heavy atom. The quantitative estimate of drug-likeness (QED) is 0.878. The zero-order valence-corrected chi connectivity index (χ0v) is 11.9. The molecule has 2 atom stereocenters. The van der Waals surface area contributed by atoms with Gasteiger partial charge in [0.05, 0.1) is 0 Å². The number of nitrogens with one attached hydrogen (secondary N) is 1. The van der Waals surface area contributed by atoms with Crippen LogP contribution in [-0.2, 0) is 4.79 Å². The molecule has 0 saturated heterocycles. The molecule has 1 aliphatic rings. The lowest BCUT2D eigenvalue weighted by Crippen LogP contribution is -2.29. The van der Waals surface area contributed by atoms with E-state index in [1.54, 1.807) is 19.1 Å². The van der Waals surface area contributed by atoms with Gasteiger partial charge in [-0.05, 0) is 43.9 Å². The molecule has 0 spiro atoms. The Hall–Kier alpha value is -1.69. The number of rotatable bonds is 5. The van der Waals surface area contributed by atoms with Crippen LogP contribution in [0, 0.1) is 18.8 Å². The first-order valence-electron chi connectivity index (χ1n) is 7.07. The van der Waals surface area contributed by atoms with Gasteiger partial charge in [-0.1, -0.05) is 12.5 Å². The Bertz CT molecular complexity index is 508. The Morgan fingerprint density at radius 3 is 2.90 bits per heavy atom. The standard InChI is InChI=1S/C15H20F2N2O2/c1-9-5-6-11(7-13(9)21-15(16)17)19-14(20)12-4-2-3-10(12)8-18/h5-7,10,12,15H,2-4,8,18H2,1H3,(H,19,20)/t10-,12-/m1/s1. The fourth-order valence-electron chi connectivity index (χ4n) is 2.80. The van der Waals surface area contributed by atoms with E-state index in [-0.39, 0.29) is 23.5 Å². The Labute approximate surface area is 122 Å². The van der Waals surface area contributed by atoms with Crippen molar-refractivity contribution >= 4 is 11.6 Å². The molecular formula is C15H20F2N2O2. The molecular weight excluding hydrogens is 278 g/mol. The van der Waals surface area contributed by atoms with E-state index in [0.29, 0.717) is 17.8 Å². The summed E-state index contributed by atoms with van der Waals surface area (Å²) in [5, 5.41) is 2.77. The number of amides is 1. The molecule has 116 valence electrons. The summed E-state index contributed by atoms with van der Waals surface area (Å²) in [4.78, 5) is 12.2. The van der Waals surface area contributed by atoms with Crippen LogP contribution in [0.15, 0.2) is 18.2 Å². The molecule has 21 heavy (non-hydrogen) atoms. The number of nitrogens with two attached hydrogens (primary N) is 1. The molecule has 1 fully saturated rings. The molecule has 4 nitrogen and oxygen atoms in total. The minimum atomic E-state index is -2.88. The minimum Gasteiger partial charge on any atom is -0.434 e. The molecule has 1 amide bonds. The molecule has 0 heterocycles. The largest absolute Gasteiger partial charge is 0.434 e. The predicted molar refractivity (Wildman–Crippen MR) is 76.3 cm³/mol. The van der Waals surface area contributed by atoms with Gasteiger partial charge in [0.15, 0.2) is 0 Å². The summed E-state index contributed by atoms with van der Waals surface area (Å²) in [5.74, 6) is 0.0717. The summed E-state index contributed by atoms with van der Waals surface area (Å²) in [7, 11) is 0. The molecule has 1 aliphatic carbocycles. The van der Waals surface area contributed by atoms with E-state index >= 15 is 0 Å². The van der Waals surface area contributed by atoms with Crippen molar-refractivity contribution in [1.29, 1.82) is 0 Å². The second-order valence-electron chi connectivity index (χ2n) is 5.38. The predicted octanol–water partition coefficient (Wildman–Crippen LogP) is 2.91. The maximum Gasteiger partial charge on any atom is 0.387 e. The van der Waals surface area contributed by atoms with E-state index < -0.39 is 6.61 Å². The first kappa shape index (κ1) is 15.7. The SMILES string of the molecule is Cc1ccc(NC(=O)[C@@H]2CCC[C@@H]2CN)cc1OC(F)F. The normalized spacial score (nSPS) is 21.6. The van der Waals surface area contributed by atoms with E-state index in [2.05, 4.69) is 10.1 Å². The van der Waals surface area contributed by atoms with Gasteiger partial charge in [0.25, 0.3) is 0 Å². The lowest BCUT2D eigenvalue weighted by atomic mass is 9.95. The van der Waals surface area contributed by atoms with Crippen molar-refractivity contribution in [2.75, 3.05) is 11.9 Å². The third kappa shape index (κ3) is 3.91. The van der Waals surface area contributed by atoms with E-state index in [0.717, 1.165) is 19.3 Å². The molecule has 1 saturated carbocycles. The first-order valence-corrected chi connectivity index (χ1v) is 7.07. The van der Waals surface area contributed by atoms with Crippen molar-refractivity contribution < 1.29 is 18.3 Å². The van der Waals surface area contributed by atoms with E-state index in [1.165, 1.54) is 6.07 Å². The van der Waals surface area contributed by atoms with Gasteiger partial charge in [0, 0.05) is 17.7 Å². The highest BCUT2D eigenvalue weighted by molar-refractivity contribution is 5.93. The third-order valence-corrected chi connectivity index (χ3v) is 3.97. The van der Waals surface area contributed by atoms with E-state index in [4.69, 9.17) is 5.73 Å². The topological polar surface area (TPSA) is 64.4 Å². The zero-order valence-electron chi connectivity index (χ0n) is 11.9. The van der Waals surface area contributed by atoms with Gasteiger partial charge in [0.2, 0.25) is 5.91 Å². The first-order chi connectivity index (χ1) is 10.0. The van der Waals surface area contributed by atoms with Crippen molar-refractivity contribution in [2.45, 2.75) is 32.8 Å². The zero-order chi connectivity index (χ0) is 15.4. The van der Waals surface area contributed by atoms with Crippen LogP contribution in [0.5, 0.6) is 5.75 Å². The van der Waals surface area contributed by atoms with Gasteiger partial charge in [-0.2, -0.15) is 8.78 Å². The highest BCUT2D eigenvalue weighted by Crippen LogP contribution is 2.32. The summed E-state index contributed by atoms with van der Waals surface area (Å²) < 4.78 is 29.1. The summed E-state index contributed by atoms with van der Waals surface area (Å²) in [6.07, 6.45) is 2.77. The molecule has 0 unspecified atom stereocenters. The highest BCUT2D eigenvalue weighted by atomic mass is 19.3. The number of hydrogen-bond donors (Lipinski definition) is 2. The Balaban J connectivity index is 2.07. The summed E-state index contributed by atoms with van der Waals surface area (Å²) in [6.45, 7) is -0.720. The summed E-state index contributed by atoms with van der Waals surface area (Å²) >= 11 is 0. The number of alkyl halides is 2. The maximum atomic E-state index is 12.3. The van der Waals surface area contributed by atoms with Gasteiger partial charge >= 0.3 is 6.61 Å². The monoisotopic (exact) mass is 298 g/mol. The van der Waals surface area contributed by atoms with Gasteiger partial charge in [-0.25, -0.2) is 0 Å². The number of hydrogen-bond acceptors (Lipinski definition) is 3. The second kappa shape index (κ2) is 6.85. The van der Waals surface area contributed by atoms with Crippen LogP contribution >= 0.6 is 0 Å². The second-order valence-corrected chi connectivity index (χ2v) is 5.38. The number of halogens is 2. The third-order valence-electron chi connectivity index (χ3n) is 3.97. The van der Waals surface area contributed by atoms with E-state index in [1.807, 2.05) is 0 Å². The van der Waals surface area contributed by atoms with Gasteiger partial charge in [-0.3, -0.25) is 4.79 Å².